The third-order valence-electron chi connectivity index (χ3n) is 0.681. The van der Waals surface area contributed by atoms with Crippen LogP contribution >= 0.6 is 0 Å². The summed E-state index contributed by atoms with van der Waals surface area (Å²) in [6, 6.07) is 4.93. The Morgan fingerprint density at radius 1 is 1.23 bits per heavy atom. The molecule has 13 heavy (non-hydrogen) atoms. The number of rotatable bonds is 0. The van der Waals surface area contributed by atoms with E-state index in [0.717, 1.165) is 0 Å². The van der Waals surface area contributed by atoms with E-state index in [4.69, 9.17) is 17.5 Å². The van der Waals surface area contributed by atoms with Crippen LogP contribution in [-0.2, 0) is 27.5 Å². The molecule has 0 unspecified atom stereocenters. The first-order chi connectivity index (χ1) is 5.39. The van der Waals surface area contributed by atoms with E-state index in [-0.39, 0.29) is 22.6 Å². The number of nitrogens with one attached hydrogen (secondary N) is 1. The van der Waals surface area contributed by atoms with Gasteiger partial charge in [-0.2, -0.15) is 0 Å². The third-order valence-corrected chi connectivity index (χ3v) is 0.681. The average molecular weight is 255 g/mol. The van der Waals surface area contributed by atoms with Crippen LogP contribution in [0.4, 0.5) is 0 Å². The van der Waals surface area contributed by atoms with Crippen molar-refractivity contribution in [2.45, 2.75) is 0 Å². The van der Waals surface area contributed by atoms with Gasteiger partial charge in [-0.25, -0.2) is 0 Å². The minimum Gasteiger partial charge on any atom is -0.759 e. The van der Waals surface area contributed by atoms with Crippen LogP contribution < -0.4 is 5.56 Å². The van der Waals surface area contributed by atoms with Crippen molar-refractivity contribution < 1.29 is 34.6 Å². The number of hydrogen-bond donors (Lipinski definition) is 1. The molecule has 1 aromatic rings. The quantitative estimate of drug-likeness (QED) is 0.364. The molecule has 0 aliphatic heterocycles. The van der Waals surface area contributed by atoms with Crippen molar-refractivity contribution in [3.63, 3.8) is 0 Å². The molecular formula is C5H5CuNO5S. The molecule has 1 radical (unpaired) electrons. The zero-order valence-corrected chi connectivity index (χ0v) is 7.82. The van der Waals surface area contributed by atoms with Crippen molar-refractivity contribution >= 4 is 10.4 Å². The Kier molecular flexibility index (Phi) is 7.78. The van der Waals surface area contributed by atoms with Crippen molar-refractivity contribution in [2.75, 3.05) is 0 Å². The number of aromatic amines is 1. The summed E-state index contributed by atoms with van der Waals surface area (Å²) in [6.07, 6.45) is 1.60. The summed E-state index contributed by atoms with van der Waals surface area (Å²) in [5.74, 6) is 0. The van der Waals surface area contributed by atoms with E-state index in [1.165, 1.54) is 6.07 Å². The van der Waals surface area contributed by atoms with Crippen LogP contribution in [0.5, 0.6) is 0 Å². The molecular weight excluding hydrogens is 250 g/mol. The molecule has 1 N–H and O–H groups in total. The van der Waals surface area contributed by atoms with E-state index in [9.17, 15) is 4.79 Å². The van der Waals surface area contributed by atoms with E-state index in [0.29, 0.717) is 0 Å². The van der Waals surface area contributed by atoms with Gasteiger partial charge in [-0.3, -0.25) is 13.2 Å². The fraction of sp³-hybridized carbons (Fsp3) is 0. The van der Waals surface area contributed by atoms with E-state index in [1.807, 2.05) is 0 Å². The second-order valence-electron chi connectivity index (χ2n) is 1.64. The smallest absolute Gasteiger partial charge is 0.759 e. The van der Waals surface area contributed by atoms with Crippen LogP contribution in [0.3, 0.4) is 0 Å². The molecule has 0 fully saturated rings. The maximum Gasteiger partial charge on any atom is 2.00 e. The van der Waals surface area contributed by atoms with Gasteiger partial charge in [0.2, 0.25) is 5.56 Å². The van der Waals surface area contributed by atoms with Crippen LogP contribution in [0.15, 0.2) is 29.2 Å². The molecule has 0 spiro atoms. The standard InChI is InChI=1S/C5H5NO.Cu.H2O4S/c7-5-3-1-2-4-6-5;;1-5(2,3)4/h1-4H,(H,6,7);;(H2,1,2,3,4)/q;+2;/p-2. The summed E-state index contributed by atoms with van der Waals surface area (Å²) in [7, 11) is -5.17. The Labute approximate surface area is 85.0 Å². The molecule has 0 saturated heterocycles. The van der Waals surface area contributed by atoms with Gasteiger partial charge >= 0.3 is 17.1 Å². The topological polar surface area (TPSA) is 113 Å². The first-order valence-corrected chi connectivity index (χ1v) is 4.03. The summed E-state index contributed by atoms with van der Waals surface area (Å²) in [5.41, 5.74) is -0.0532. The number of aromatic nitrogens is 1. The van der Waals surface area contributed by atoms with E-state index >= 15 is 0 Å². The van der Waals surface area contributed by atoms with E-state index in [1.54, 1.807) is 18.3 Å². The molecule has 0 aliphatic carbocycles. The van der Waals surface area contributed by atoms with Gasteiger partial charge in [-0.1, -0.05) is 6.07 Å². The van der Waals surface area contributed by atoms with Gasteiger partial charge in [0.1, 0.15) is 0 Å². The Balaban J connectivity index is 0. The summed E-state index contributed by atoms with van der Waals surface area (Å²) >= 11 is 0. The molecule has 1 aromatic heterocycles. The molecule has 1 rings (SSSR count). The minimum absolute atomic E-state index is 0. The Morgan fingerprint density at radius 2 is 1.69 bits per heavy atom. The van der Waals surface area contributed by atoms with Crippen molar-refractivity contribution in [1.82, 2.24) is 4.98 Å². The zero-order chi connectivity index (χ0) is 9.61. The van der Waals surface area contributed by atoms with Crippen molar-refractivity contribution in [3.05, 3.63) is 34.7 Å². The molecule has 0 atom stereocenters. The van der Waals surface area contributed by atoms with Crippen molar-refractivity contribution in [1.29, 1.82) is 0 Å². The molecule has 0 bridgehead atoms. The van der Waals surface area contributed by atoms with Gasteiger partial charge < -0.3 is 14.1 Å². The van der Waals surface area contributed by atoms with E-state index in [2.05, 4.69) is 4.98 Å². The summed E-state index contributed by atoms with van der Waals surface area (Å²) < 4.78 is 34.1. The number of pyridine rings is 1. The molecule has 0 amide bonds. The van der Waals surface area contributed by atoms with E-state index < -0.39 is 10.4 Å². The number of H-pyrrole nitrogens is 1. The van der Waals surface area contributed by atoms with Gasteiger partial charge in [0.25, 0.3) is 0 Å². The first kappa shape index (κ1) is 14.8. The van der Waals surface area contributed by atoms with Crippen LogP contribution in [0, 0.1) is 0 Å². The van der Waals surface area contributed by atoms with Gasteiger partial charge in [-0.05, 0) is 6.07 Å². The maximum atomic E-state index is 10.2. The Bertz CT molecular complexity index is 347. The van der Waals surface area contributed by atoms with Gasteiger partial charge in [0.05, 0.1) is 0 Å². The maximum absolute atomic E-state index is 10.2. The van der Waals surface area contributed by atoms with Crippen LogP contribution in [-0.4, -0.2) is 22.5 Å². The van der Waals surface area contributed by atoms with Gasteiger partial charge in [0.15, 0.2) is 0 Å². The largest absolute Gasteiger partial charge is 2.00 e. The minimum atomic E-state index is -5.17. The first-order valence-electron chi connectivity index (χ1n) is 2.70. The third kappa shape index (κ3) is 18.4. The fourth-order valence-electron chi connectivity index (χ4n) is 0.377. The van der Waals surface area contributed by atoms with Crippen molar-refractivity contribution in [3.8, 4) is 0 Å². The predicted molar refractivity (Wildman–Crippen MR) is 37.5 cm³/mol. The normalized spacial score (nSPS) is 9.08. The Hall–Kier alpha value is -0.661. The monoisotopic (exact) mass is 254 g/mol. The Morgan fingerprint density at radius 3 is 1.85 bits per heavy atom. The van der Waals surface area contributed by atoms with Crippen LogP contribution in [0.2, 0.25) is 0 Å². The zero-order valence-electron chi connectivity index (χ0n) is 6.06. The summed E-state index contributed by atoms with van der Waals surface area (Å²) in [5, 5.41) is 0. The SMILES string of the molecule is O=S(=O)([O-])[O-].O=c1cccc[nH]1.[Cu+2]. The molecule has 1 heterocycles. The van der Waals surface area contributed by atoms with Crippen molar-refractivity contribution in [2.24, 2.45) is 0 Å². The molecule has 6 nitrogen and oxygen atoms in total. The predicted octanol–water partition coefficient (Wildman–Crippen LogP) is -0.966. The summed E-state index contributed by atoms with van der Waals surface area (Å²) in [6.45, 7) is 0. The van der Waals surface area contributed by atoms with Gasteiger partial charge in [0, 0.05) is 22.7 Å². The summed E-state index contributed by atoms with van der Waals surface area (Å²) in [4.78, 5) is 12.7. The second kappa shape index (κ2) is 6.81. The number of hydrogen-bond acceptors (Lipinski definition) is 5. The van der Waals surface area contributed by atoms with Crippen LogP contribution in [0.25, 0.3) is 0 Å². The van der Waals surface area contributed by atoms with Gasteiger partial charge in [-0.15, -0.1) is 0 Å². The second-order valence-corrected chi connectivity index (χ2v) is 2.45. The molecule has 0 aliphatic rings. The molecule has 0 saturated carbocycles. The molecule has 77 valence electrons. The average Bonchev–Trinajstić information content (AvgIpc) is 1.85. The molecule has 8 heteroatoms. The van der Waals surface area contributed by atoms with Crippen LogP contribution in [0.1, 0.15) is 0 Å². The fourth-order valence-corrected chi connectivity index (χ4v) is 0.377. The molecule has 0 aromatic carbocycles.